The number of hydrogen-bond donors (Lipinski definition) is 1. The van der Waals surface area contributed by atoms with Gasteiger partial charge in [-0.3, -0.25) is 0 Å². The van der Waals surface area contributed by atoms with Gasteiger partial charge in [-0.05, 0) is 22.9 Å². The van der Waals surface area contributed by atoms with Crippen molar-refractivity contribution in [2.45, 2.75) is 26.2 Å². The summed E-state index contributed by atoms with van der Waals surface area (Å²) in [6.07, 6.45) is 1.01. The Morgan fingerprint density at radius 3 is 2.38 bits per heavy atom. The summed E-state index contributed by atoms with van der Waals surface area (Å²) in [5.41, 5.74) is 3.64. The maximum absolute atomic E-state index is 10.6. The zero-order valence-electron chi connectivity index (χ0n) is 12.5. The van der Waals surface area contributed by atoms with Crippen LogP contribution < -0.4 is 0 Å². The van der Waals surface area contributed by atoms with Gasteiger partial charge in [0.25, 0.3) is 0 Å². The molecule has 3 rings (SSSR count). The van der Waals surface area contributed by atoms with Crippen LogP contribution in [0.4, 0.5) is 0 Å². The molecule has 0 aliphatic rings. The number of rotatable bonds is 3. The van der Waals surface area contributed by atoms with Gasteiger partial charge in [-0.15, -0.1) is 0 Å². The van der Waals surface area contributed by atoms with E-state index in [2.05, 4.69) is 50.2 Å². The lowest BCUT2D eigenvalue weighted by Crippen LogP contribution is -2.01. The Labute approximate surface area is 125 Å². The molecule has 3 aromatic rings. The van der Waals surface area contributed by atoms with Crippen LogP contribution in [0.15, 0.2) is 60.7 Å². The summed E-state index contributed by atoms with van der Waals surface area (Å²) in [5, 5.41) is 12.6. The number of phenols is 1. The van der Waals surface area contributed by atoms with E-state index in [1.165, 1.54) is 11.1 Å². The zero-order chi connectivity index (χ0) is 14.8. The average molecular weight is 276 g/mol. The summed E-state index contributed by atoms with van der Waals surface area (Å²) in [4.78, 5) is 0. The van der Waals surface area contributed by atoms with Crippen LogP contribution in [-0.2, 0) is 6.42 Å². The van der Waals surface area contributed by atoms with Gasteiger partial charge in [0.05, 0.1) is 0 Å². The topological polar surface area (TPSA) is 20.2 Å². The summed E-state index contributed by atoms with van der Waals surface area (Å²) in [7, 11) is 0. The van der Waals surface area contributed by atoms with Gasteiger partial charge in [0.2, 0.25) is 0 Å². The molecule has 1 N–H and O–H groups in total. The van der Waals surface area contributed by atoms with Crippen LogP contribution in [0.5, 0.6) is 5.75 Å². The van der Waals surface area contributed by atoms with Gasteiger partial charge in [-0.2, -0.15) is 0 Å². The minimum Gasteiger partial charge on any atom is -0.507 e. The third kappa shape index (κ3) is 2.40. The fourth-order valence-corrected chi connectivity index (χ4v) is 3.07. The summed E-state index contributed by atoms with van der Waals surface area (Å²) in [6, 6.07) is 20.6. The van der Waals surface area contributed by atoms with Gasteiger partial charge in [0, 0.05) is 16.9 Å². The molecule has 0 saturated carbocycles. The molecule has 0 radical (unpaired) electrons. The van der Waals surface area contributed by atoms with Crippen LogP contribution in [0, 0.1) is 0 Å². The third-order valence-electron chi connectivity index (χ3n) is 4.30. The van der Waals surface area contributed by atoms with Crippen LogP contribution in [-0.4, -0.2) is 5.11 Å². The lowest BCUT2D eigenvalue weighted by molar-refractivity contribution is 0.472. The van der Waals surface area contributed by atoms with Crippen molar-refractivity contribution in [2.75, 3.05) is 0 Å². The predicted octanol–water partition coefficient (Wildman–Crippen LogP) is 5.26. The highest BCUT2D eigenvalue weighted by Gasteiger charge is 2.16. The molecule has 0 aromatic heterocycles. The van der Waals surface area contributed by atoms with E-state index >= 15 is 0 Å². The largest absolute Gasteiger partial charge is 0.507 e. The zero-order valence-corrected chi connectivity index (χ0v) is 12.5. The monoisotopic (exact) mass is 276 g/mol. The maximum atomic E-state index is 10.6. The van der Waals surface area contributed by atoms with E-state index in [0.717, 1.165) is 22.8 Å². The van der Waals surface area contributed by atoms with E-state index in [1.54, 1.807) is 0 Å². The first-order valence-electron chi connectivity index (χ1n) is 7.50. The normalized spacial score (nSPS) is 12.5. The van der Waals surface area contributed by atoms with Gasteiger partial charge in [-0.25, -0.2) is 0 Å². The van der Waals surface area contributed by atoms with Crippen molar-refractivity contribution in [1.29, 1.82) is 0 Å². The van der Waals surface area contributed by atoms with E-state index in [9.17, 15) is 5.11 Å². The van der Waals surface area contributed by atoms with Crippen molar-refractivity contribution in [3.8, 4) is 5.75 Å². The average Bonchev–Trinajstić information content (AvgIpc) is 2.55. The Kier molecular flexibility index (Phi) is 3.66. The first-order valence-corrected chi connectivity index (χ1v) is 7.50. The van der Waals surface area contributed by atoms with E-state index in [1.807, 2.05) is 24.3 Å². The quantitative estimate of drug-likeness (QED) is 0.692. The highest BCUT2D eigenvalue weighted by atomic mass is 16.3. The second-order valence-corrected chi connectivity index (χ2v) is 5.50. The summed E-state index contributed by atoms with van der Waals surface area (Å²) in [6.45, 7) is 4.34. The molecule has 0 spiro atoms. The Balaban J connectivity index is 2.13. The fourth-order valence-electron chi connectivity index (χ4n) is 3.07. The smallest absolute Gasteiger partial charge is 0.127 e. The first kappa shape index (κ1) is 13.7. The molecule has 3 aromatic carbocycles. The van der Waals surface area contributed by atoms with Crippen molar-refractivity contribution in [1.82, 2.24) is 0 Å². The van der Waals surface area contributed by atoms with Gasteiger partial charge < -0.3 is 5.11 Å². The van der Waals surface area contributed by atoms with Crippen LogP contribution in [0.25, 0.3) is 10.8 Å². The third-order valence-corrected chi connectivity index (χ3v) is 4.30. The SMILES string of the molecule is CCc1ccccc1C(C)c1ccc2ccccc2c1O. The Morgan fingerprint density at radius 2 is 1.57 bits per heavy atom. The van der Waals surface area contributed by atoms with E-state index < -0.39 is 0 Å². The molecule has 1 nitrogen and oxygen atoms in total. The number of fused-ring (bicyclic) bond motifs is 1. The van der Waals surface area contributed by atoms with Gasteiger partial charge in [0.1, 0.15) is 5.75 Å². The van der Waals surface area contributed by atoms with Gasteiger partial charge in [0.15, 0.2) is 0 Å². The van der Waals surface area contributed by atoms with Crippen LogP contribution in [0.1, 0.15) is 36.5 Å². The molecule has 0 heterocycles. The molecular weight excluding hydrogens is 256 g/mol. The highest BCUT2D eigenvalue weighted by Crippen LogP contribution is 2.37. The molecular formula is C20H20O. The van der Waals surface area contributed by atoms with Gasteiger partial charge >= 0.3 is 0 Å². The van der Waals surface area contributed by atoms with Crippen molar-refractivity contribution in [3.63, 3.8) is 0 Å². The Bertz CT molecular complexity index is 774. The molecule has 0 aliphatic carbocycles. The fraction of sp³-hybridized carbons (Fsp3) is 0.200. The number of phenolic OH excluding ortho intramolecular Hbond substituents is 1. The maximum Gasteiger partial charge on any atom is 0.127 e. The highest BCUT2D eigenvalue weighted by molar-refractivity contribution is 5.89. The standard InChI is InChI=1S/C20H20O/c1-3-15-8-4-6-10-17(15)14(2)18-13-12-16-9-5-7-11-19(16)20(18)21/h4-14,21H,3H2,1-2H3. The molecule has 1 unspecified atom stereocenters. The van der Waals surface area contributed by atoms with Crippen molar-refractivity contribution in [3.05, 3.63) is 77.4 Å². The van der Waals surface area contributed by atoms with Gasteiger partial charge in [-0.1, -0.05) is 74.5 Å². The minimum atomic E-state index is 0.186. The lowest BCUT2D eigenvalue weighted by atomic mass is 9.87. The predicted molar refractivity (Wildman–Crippen MR) is 88.9 cm³/mol. The molecule has 0 aliphatic heterocycles. The molecule has 0 fully saturated rings. The van der Waals surface area contributed by atoms with Crippen molar-refractivity contribution < 1.29 is 5.11 Å². The second kappa shape index (κ2) is 5.61. The summed E-state index contributed by atoms with van der Waals surface area (Å²) in [5.74, 6) is 0.595. The number of aryl methyl sites for hydroxylation is 1. The molecule has 1 atom stereocenters. The molecule has 1 heteroatoms. The number of benzene rings is 3. The Morgan fingerprint density at radius 1 is 0.857 bits per heavy atom. The number of aromatic hydroxyl groups is 1. The number of hydrogen-bond acceptors (Lipinski definition) is 1. The minimum absolute atomic E-state index is 0.186. The van der Waals surface area contributed by atoms with Crippen LogP contribution >= 0.6 is 0 Å². The lowest BCUT2D eigenvalue weighted by Gasteiger charge is -2.18. The molecule has 0 amide bonds. The van der Waals surface area contributed by atoms with E-state index in [0.29, 0.717) is 5.75 Å². The Hall–Kier alpha value is -2.28. The molecule has 0 bridgehead atoms. The van der Waals surface area contributed by atoms with E-state index in [-0.39, 0.29) is 5.92 Å². The second-order valence-electron chi connectivity index (χ2n) is 5.50. The molecule has 21 heavy (non-hydrogen) atoms. The van der Waals surface area contributed by atoms with Crippen LogP contribution in [0.2, 0.25) is 0 Å². The van der Waals surface area contributed by atoms with E-state index in [4.69, 9.17) is 0 Å². The molecule has 106 valence electrons. The van der Waals surface area contributed by atoms with Crippen molar-refractivity contribution in [2.24, 2.45) is 0 Å². The van der Waals surface area contributed by atoms with Crippen molar-refractivity contribution >= 4 is 10.8 Å². The molecule has 0 saturated heterocycles. The summed E-state index contributed by atoms with van der Waals surface area (Å²) >= 11 is 0. The summed E-state index contributed by atoms with van der Waals surface area (Å²) < 4.78 is 0. The first-order chi connectivity index (χ1) is 10.2. The van der Waals surface area contributed by atoms with Crippen LogP contribution in [0.3, 0.4) is 0 Å².